The highest BCUT2D eigenvalue weighted by Gasteiger charge is 2.33. The van der Waals surface area contributed by atoms with Gasteiger partial charge in [-0.3, -0.25) is 4.79 Å². The van der Waals surface area contributed by atoms with Gasteiger partial charge in [0.05, 0.1) is 27.0 Å². The molecule has 0 aliphatic carbocycles. The van der Waals surface area contributed by atoms with E-state index < -0.39 is 22.1 Å². The van der Waals surface area contributed by atoms with Crippen molar-refractivity contribution >= 4 is 27.3 Å². The third-order valence-corrected chi connectivity index (χ3v) is 5.67. The fourth-order valence-electron chi connectivity index (χ4n) is 2.88. The molecule has 150 valence electrons. The van der Waals surface area contributed by atoms with Gasteiger partial charge in [-0.05, 0) is 24.6 Å². The third-order valence-electron chi connectivity index (χ3n) is 4.19. The van der Waals surface area contributed by atoms with Gasteiger partial charge in [0.25, 0.3) is 5.91 Å². The summed E-state index contributed by atoms with van der Waals surface area (Å²) in [5, 5.41) is 5.56. The fourth-order valence-corrected chi connectivity index (χ4v) is 4.14. The standard InChI is InChI=1S/C18H21N3O6S/c1-10-5-6-15-12(7-10)20-17(21-28(15,23)24)18(22)19-11-8-13(25-2)16(27-4)14(9-11)26-3/h5-9,17,20-21H,1-4H3,(H,19,22)/t17-/m0/s1. The minimum Gasteiger partial charge on any atom is -0.493 e. The molecule has 2 aromatic rings. The summed E-state index contributed by atoms with van der Waals surface area (Å²) in [6.07, 6.45) is -1.18. The van der Waals surface area contributed by atoms with Crippen molar-refractivity contribution in [2.75, 3.05) is 32.0 Å². The van der Waals surface area contributed by atoms with Crippen LogP contribution in [0.2, 0.25) is 0 Å². The molecule has 0 unspecified atom stereocenters. The molecule has 1 amide bonds. The van der Waals surface area contributed by atoms with Crippen LogP contribution in [0.3, 0.4) is 0 Å². The van der Waals surface area contributed by atoms with E-state index in [1.165, 1.54) is 27.4 Å². The highest BCUT2D eigenvalue weighted by atomic mass is 32.2. The second kappa shape index (κ2) is 7.56. The maximum Gasteiger partial charge on any atom is 0.262 e. The lowest BCUT2D eigenvalue weighted by Crippen LogP contribution is -2.51. The molecule has 9 nitrogen and oxygen atoms in total. The number of anilines is 2. The quantitative estimate of drug-likeness (QED) is 0.691. The molecule has 3 rings (SSSR count). The summed E-state index contributed by atoms with van der Waals surface area (Å²) >= 11 is 0. The second-order valence-electron chi connectivity index (χ2n) is 6.10. The Bertz CT molecular complexity index is 997. The number of aryl methyl sites for hydroxylation is 1. The normalized spacial score (nSPS) is 17.1. The molecule has 0 saturated heterocycles. The summed E-state index contributed by atoms with van der Waals surface area (Å²) < 4.78 is 43.0. The van der Waals surface area contributed by atoms with Crippen molar-refractivity contribution in [3.8, 4) is 17.2 Å². The number of rotatable bonds is 5. The average Bonchev–Trinajstić information content (AvgIpc) is 2.65. The Morgan fingerprint density at radius 1 is 1.04 bits per heavy atom. The van der Waals surface area contributed by atoms with Crippen molar-refractivity contribution < 1.29 is 27.4 Å². The van der Waals surface area contributed by atoms with E-state index in [9.17, 15) is 13.2 Å². The summed E-state index contributed by atoms with van der Waals surface area (Å²) in [5.74, 6) is 0.500. The van der Waals surface area contributed by atoms with Gasteiger partial charge in [-0.15, -0.1) is 0 Å². The number of carbonyl (C=O) groups excluding carboxylic acids is 1. The van der Waals surface area contributed by atoms with Crippen molar-refractivity contribution in [1.29, 1.82) is 0 Å². The molecule has 3 N–H and O–H groups in total. The first-order valence-electron chi connectivity index (χ1n) is 8.29. The zero-order valence-electron chi connectivity index (χ0n) is 15.8. The number of amides is 1. The van der Waals surface area contributed by atoms with E-state index in [-0.39, 0.29) is 4.90 Å². The van der Waals surface area contributed by atoms with Gasteiger partial charge >= 0.3 is 0 Å². The highest BCUT2D eigenvalue weighted by Crippen LogP contribution is 2.40. The lowest BCUT2D eigenvalue weighted by Gasteiger charge is -2.27. The van der Waals surface area contributed by atoms with E-state index in [0.29, 0.717) is 28.6 Å². The third kappa shape index (κ3) is 3.69. The summed E-state index contributed by atoms with van der Waals surface area (Å²) in [5.41, 5.74) is 1.59. The predicted octanol–water partition coefficient (Wildman–Crippen LogP) is 1.69. The van der Waals surface area contributed by atoms with Crippen LogP contribution in [-0.2, 0) is 14.8 Å². The molecular weight excluding hydrogens is 386 g/mol. The van der Waals surface area contributed by atoms with E-state index in [4.69, 9.17) is 14.2 Å². The van der Waals surface area contributed by atoms with E-state index in [1.54, 1.807) is 24.3 Å². The average molecular weight is 407 g/mol. The molecule has 28 heavy (non-hydrogen) atoms. The molecule has 10 heteroatoms. The Hall–Kier alpha value is -2.98. The van der Waals surface area contributed by atoms with Gasteiger partial charge in [-0.25, -0.2) is 8.42 Å². The number of hydrogen-bond donors (Lipinski definition) is 3. The first-order valence-corrected chi connectivity index (χ1v) is 9.77. The molecule has 0 spiro atoms. The van der Waals surface area contributed by atoms with E-state index >= 15 is 0 Å². The van der Waals surface area contributed by atoms with Gasteiger partial charge in [0.15, 0.2) is 17.7 Å². The highest BCUT2D eigenvalue weighted by molar-refractivity contribution is 7.89. The number of benzene rings is 2. The monoisotopic (exact) mass is 407 g/mol. The van der Waals surface area contributed by atoms with Gasteiger partial charge in [0.2, 0.25) is 15.8 Å². The number of carbonyl (C=O) groups is 1. The van der Waals surface area contributed by atoms with E-state index in [2.05, 4.69) is 15.4 Å². The van der Waals surface area contributed by atoms with E-state index in [1.807, 2.05) is 6.92 Å². The van der Waals surface area contributed by atoms with Gasteiger partial charge < -0.3 is 24.8 Å². The lowest BCUT2D eigenvalue weighted by atomic mass is 10.2. The number of fused-ring (bicyclic) bond motifs is 1. The molecule has 1 aliphatic heterocycles. The van der Waals surface area contributed by atoms with Crippen molar-refractivity contribution in [2.24, 2.45) is 0 Å². The van der Waals surface area contributed by atoms with Crippen LogP contribution in [0.5, 0.6) is 17.2 Å². The topological polar surface area (TPSA) is 115 Å². The molecular formula is C18H21N3O6S. The molecule has 0 saturated carbocycles. The summed E-state index contributed by atoms with van der Waals surface area (Å²) in [7, 11) is 0.561. The van der Waals surface area contributed by atoms with Crippen LogP contribution in [0.4, 0.5) is 11.4 Å². The number of sulfonamides is 1. The minimum absolute atomic E-state index is 0.0925. The summed E-state index contributed by atoms with van der Waals surface area (Å²) in [6.45, 7) is 1.83. The van der Waals surface area contributed by atoms with Crippen LogP contribution in [0.25, 0.3) is 0 Å². The lowest BCUT2D eigenvalue weighted by molar-refractivity contribution is -0.117. The summed E-state index contributed by atoms with van der Waals surface area (Å²) in [4.78, 5) is 12.8. The Labute approximate surface area is 163 Å². The van der Waals surface area contributed by atoms with Crippen molar-refractivity contribution in [3.05, 3.63) is 35.9 Å². The Morgan fingerprint density at radius 2 is 1.68 bits per heavy atom. The van der Waals surface area contributed by atoms with Gasteiger partial charge in [0.1, 0.15) is 4.90 Å². The molecule has 2 aromatic carbocycles. The van der Waals surface area contributed by atoms with Crippen LogP contribution < -0.4 is 29.6 Å². The van der Waals surface area contributed by atoms with Crippen LogP contribution in [0.1, 0.15) is 5.56 Å². The number of hydrogen-bond acceptors (Lipinski definition) is 7. The first kappa shape index (κ1) is 19.8. The molecule has 0 radical (unpaired) electrons. The van der Waals surface area contributed by atoms with Crippen LogP contribution in [0, 0.1) is 6.92 Å². The van der Waals surface area contributed by atoms with Crippen molar-refractivity contribution in [2.45, 2.75) is 18.0 Å². The Kier molecular flexibility index (Phi) is 5.34. The minimum atomic E-state index is -3.82. The maximum atomic E-state index is 12.7. The van der Waals surface area contributed by atoms with Gasteiger partial charge in [0, 0.05) is 17.8 Å². The SMILES string of the molecule is COc1cc(NC(=O)[C@H]2Nc3cc(C)ccc3S(=O)(=O)N2)cc(OC)c1OC. The molecule has 0 aromatic heterocycles. The second-order valence-corrected chi connectivity index (χ2v) is 7.78. The van der Waals surface area contributed by atoms with Gasteiger partial charge in [-0.1, -0.05) is 6.07 Å². The molecule has 1 atom stereocenters. The first-order chi connectivity index (χ1) is 13.3. The number of ether oxygens (including phenoxy) is 3. The fraction of sp³-hybridized carbons (Fsp3) is 0.278. The zero-order chi connectivity index (χ0) is 20.5. The Morgan fingerprint density at radius 3 is 2.25 bits per heavy atom. The number of methoxy groups -OCH3 is 3. The zero-order valence-corrected chi connectivity index (χ0v) is 16.6. The predicted molar refractivity (Wildman–Crippen MR) is 104 cm³/mol. The molecule has 1 heterocycles. The van der Waals surface area contributed by atoms with Crippen LogP contribution in [0.15, 0.2) is 35.2 Å². The largest absolute Gasteiger partial charge is 0.493 e. The van der Waals surface area contributed by atoms with Gasteiger partial charge in [-0.2, -0.15) is 4.72 Å². The molecule has 0 fully saturated rings. The maximum absolute atomic E-state index is 12.7. The van der Waals surface area contributed by atoms with E-state index in [0.717, 1.165) is 5.56 Å². The summed E-state index contributed by atoms with van der Waals surface area (Å²) in [6, 6.07) is 7.96. The Balaban J connectivity index is 1.88. The molecule has 0 bridgehead atoms. The van der Waals surface area contributed by atoms with Crippen molar-refractivity contribution in [3.63, 3.8) is 0 Å². The van der Waals surface area contributed by atoms with Crippen LogP contribution >= 0.6 is 0 Å². The number of nitrogens with one attached hydrogen (secondary N) is 3. The van der Waals surface area contributed by atoms with Crippen LogP contribution in [-0.4, -0.2) is 41.8 Å². The molecule has 1 aliphatic rings. The smallest absolute Gasteiger partial charge is 0.262 e. The van der Waals surface area contributed by atoms with Crippen molar-refractivity contribution in [1.82, 2.24) is 4.72 Å².